The Hall–Kier alpha value is -0.220. The maximum atomic E-state index is 5.91. The summed E-state index contributed by atoms with van der Waals surface area (Å²) in [6.45, 7) is 0.570. The van der Waals surface area contributed by atoms with Gasteiger partial charge in [-0.3, -0.25) is 0 Å². The molecule has 2 nitrogen and oxygen atoms in total. The second-order valence-corrected chi connectivity index (χ2v) is 4.52. The Bertz CT molecular complexity index is 316. The zero-order valence-electron chi connectivity index (χ0n) is 7.00. The molecule has 1 atom stereocenters. The van der Waals surface area contributed by atoms with Gasteiger partial charge in [0.25, 0.3) is 0 Å². The number of hydrogen-bond acceptors (Lipinski definition) is 3. The summed E-state index contributed by atoms with van der Waals surface area (Å²) in [5, 5.41) is 0.781. The van der Waals surface area contributed by atoms with Gasteiger partial charge in [0.2, 0.25) is 0 Å². The maximum Gasteiger partial charge on any atom is 0.0756 e. The van der Waals surface area contributed by atoms with Gasteiger partial charge in [-0.2, -0.15) is 0 Å². The van der Waals surface area contributed by atoms with Gasteiger partial charge in [0.15, 0.2) is 0 Å². The lowest BCUT2D eigenvalue weighted by Crippen LogP contribution is -2.10. The van der Waals surface area contributed by atoms with Gasteiger partial charge >= 0.3 is 0 Å². The summed E-state index contributed by atoms with van der Waals surface area (Å²) < 4.78 is 0. The Morgan fingerprint density at radius 2 is 2.46 bits per heavy atom. The van der Waals surface area contributed by atoms with E-state index in [0.29, 0.717) is 12.5 Å². The smallest absolute Gasteiger partial charge is 0.0756 e. The predicted molar refractivity (Wildman–Crippen MR) is 55.1 cm³/mol. The first-order valence-electron chi connectivity index (χ1n) is 4.05. The van der Waals surface area contributed by atoms with E-state index in [1.807, 2.05) is 23.9 Å². The summed E-state index contributed by atoms with van der Waals surface area (Å²) in [6, 6.07) is 5.97. The Labute approximate surface area is 86.4 Å². The zero-order valence-corrected chi connectivity index (χ0v) is 8.57. The third-order valence-corrected chi connectivity index (χ3v) is 3.64. The van der Waals surface area contributed by atoms with Crippen LogP contribution in [-0.4, -0.2) is 12.4 Å². The molecular formula is C9H10ClNOS. The molecule has 1 aliphatic rings. The number of halogens is 1. The van der Waals surface area contributed by atoms with Crippen LogP contribution in [0.5, 0.6) is 0 Å². The fourth-order valence-electron chi connectivity index (χ4n) is 1.50. The molecule has 0 radical (unpaired) electrons. The normalized spacial score (nSPS) is 20.3. The first kappa shape index (κ1) is 9.34. The van der Waals surface area contributed by atoms with Crippen molar-refractivity contribution >= 4 is 23.4 Å². The van der Waals surface area contributed by atoms with Crippen LogP contribution in [-0.2, 0) is 4.84 Å². The van der Waals surface area contributed by atoms with Crippen LogP contribution in [0.25, 0.3) is 0 Å². The summed E-state index contributed by atoms with van der Waals surface area (Å²) in [5.41, 5.74) is 1.27. The van der Waals surface area contributed by atoms with Crippen LogP contribution >= 0.6 is 23.4 Å². The lowest BCUT2D eigenvalue weighted by atomic mass is 10.0. The molecule has 0 bridgehead atoms. The van der Waals surface area contributed by atoms with E-state index in [1.165, 1.54) is 10.5 Å². The second-order valence-electron chi connectivity index (χ2n) is 3.02. The molecule has 0 aliphatic carbocycles. The molecule has 0 fully saturated rings. The first-order valence-corrected chi connectivity index (χ1v) is 5.41. The minimum atomic E-state index is 0.392. The molecule has 0 saturated carbocycles. The van der Waals surface area contributed by atoms with Crippen LogP contribution < -0.4 is 5.90 Å². The lowest BCUT2D eigenvalue weighted by Gasteiger charge is -2.08. The van der Waals surface area contributed by atoms with E-state index in [2.05, 4.69) is 10.9 Å². The van der Waals surface area contributed by atoms with E-state index in [0.717, 1.165) is 10.8 Å². The number of nitrogens with two attached hydrogens (primary N) is 1. The zero-order chi connectivity index (χ0) is 9.26. The van der Waals surface area contributed by atoms with Gasteiger partial charge in [-0.25, -0.2) is 5.90 Å². The topological polar surface area (TPSA) is 35.2 Å². The van der Waals surface area contributed by atoms with Crippen LogP contribution in [0.2, 0.25) is 5.02 Å². The van der Waals surface area contributed by atoms with E-state index in [4.69, 9.17) is 17.5 Å². The van der Waals surface area contributed by atoms with Crippen molar-refractivity contribution in [2.45, 2.75) is 10.8 Å². The minimum absolute atomic E-state index is 0.392. The molecule has 4 heteroatoms. The molecule has 70 valence electrons. The van der Waals surface area contributed by atoms with Crippen molar-refractivity contribution in [2.24, 2.45) is 5.90 Å². The Morgan fingerprint density at radius 1 is 1.62 bits per heavy atom. The van der Waals surface area contributed by atoms with Crippen LogP contribution in [0, 0.1) is 0 Å². The molecular weight excluding hydrogens is 206 g/mol. The quantitative estimate of drug-likeness (QED) is 0.770. The number of hydrogen-bond donors (Lipinski definition) is 1. The lowest BCUT2D eigenvalue weighted by molar-refractivity contribution is 0.128. The molecule has 1 aromatic rings. The third kappa shape index (κ3) is 1.83. The summed E-state index contributed by atoms with van der Waals surface area (Å²) in [4.78, 5) is 5.96. The summed E-state index contributed by atoms with van der Waals surface area (Å²) in [6.07, 6.45) is 0. The minimum Gasteiger partial charge on any atom is -0.304 e. The highest BCUT2D eigenvalue weighted by atomic mass is 35.5. The van der Waals surface area contributed by atoms with E-state index in [-0.39, 0.29) is 0 Å². The highest BCUT2D eigenvalue weighted by Gasteiger charge is 2.23. The molecule has 2 rings (SSSR count). The van der Waals surface area contributed by atoms with Crippen LogP contribution in [0.1, 0.15) is 11.5 Å². The van der Waals surface area contributed by atoms with Crippen molar-refractivity contribution in [3.63, 3.8) is 0 Å². The number of thioether (sulfide) groups is 1. The molecule has 0 saturated heterocycles. The maximum absolute atomic E-state index is 5.91. The second kappa shape index (κ2) is 3.88. The Balaban J connectivity index is 2.29. The van der Waals surface area contributed by atoms with Gasteiger partial charge in [-0.15, -0.1) is 11.8 Å². The van der Waals surface area contributed by atoms with Crippen molar-refractivity contribution in [2.75, 3.05) is 12.4 Å². The van der Waals surface area contributed by atoms with Crippen molar-refractivity contribution in [1.29, 1.82) is 0 Å². The van der Waals surface area contributed by atoms with Crippen LogP contribution in [0.15, 0.2) is 23.1 Å². The van der Waals surface area contributed by atoms with E-state index < -0.39 is 0 Å². The molecule has 1 heterocycles. The number of rotatable bonds is 2. The largest absolute Gasteiger partial charge is 0.304 e. The molecule has 0 amide bonds. The van der Waals surface area contributed by atoms with E-state index in [9.17, 15) is 0 Å². The molecule has 0 spiro atoms. The fourth-order valence-corrected chi connectivity index (χ4v) is 2.90. The van der Waals surface area contributed by atoms with E-state index >= 15 is 0 Å². The molecule has 0 aromatic heterocycles. The highest BCUT2D eigenvalue weighted by Crippen LogP contribution is 2.40. The Morgan fingerprint density at radius 3 is 3.23 bits per heavy atom. The van der Waals surface area contributed by atoms with Gasteiger partial charge in [0.05, 0.1) is 6.61 Å². The molecule has 1 aliphatic heterocycles. The monoisotopic (exact) mass is 215 g/mol. The van der Waals surface area contributed by atoms with Crippen molar-refractivity contribution < 1.29 is 4.84 Å². The van der Waals surface area contributed by atoms with Crippen LogP contribution in [0.3, 0.4) is 0 Å². The summed E-state index contributed by atoms with van der Waals surface area (Å²) in [5.74, 6) is 6.49. The molecule has 13 heavy (non-hydrogen) atoms. The summed E-state index contributed by atoms with van der Waals surface area (Å²) >= 11 is 7.74. The number of fused-ring (bicyclic) bond motifs is 1. The van der Waals surface area contributed by atoms with Gasteiger partial charge in [0, 0.05) is 21.6 Å². The van der Waals surface area contributed by atoms with Gasteiger partial charge in [0.1, 0.15) is 0 Å². The van der Waals surface area contributed by atoms with Gasteiger partial charge < -0.3 is 4.84 Å². The SMILES string of the molecule is NOCC1CSc2ccc(Cl)cc21. The third-order valence-electron chi connectivity index (χ3n) is 2.15. The van der Waals surface area contributed by atoms with Gasteiger partial charge in [-0.05, 0) is 23.8 Å². The van der Waals surface area contributed by atoms with Crippen molar-refractivity contribution in [3.8, 4) is 0 Å². The standard InChI is InChI=1S/C9H10ClNOS/c10-7-1-2-9-8(3-7)6(4-12-11)5-13-9/h1-3,6H,4-5,11H2. The highest BCUT2D eigenvalue weighted by molar-refractivity contribution is 7.99. The predicted octanol–water partition coefficient (Wildman–Crippen LogP) is 2.42. The van der Waals surface area contributed by atoms with Gasteiger partial charge in [-0.1, -0.05) is 11.6 Å². The molecule has 2 N–H and O–H groups in total. The fraction of sp³-hybridized carbons (Fsp3) is 0.333. The van der Waals surface area contributed by atoms with Crippen LogP contribution in [0.4, 0.5) is 0 Å². The summed E-state index contributed by atoms with van der Waals surface area (Å²) in [7, 11) is 0. The average molecular weight is 216 g/mol. The molecule has 1 unspecified atom stereocenters. The van der Waals surface area contributed by atoms with E-state index in [1.54, 1.807) is 0 Å². The Kier molecular flexibility index (Phi) is 2.79. The number of benzene rings is 1. The molecule has 1 aromatic carbocycles. The van der Waals surface area contributed by atoms with Crippen molar-refractivity contribution in [1.82, 2.24) is 0 Å². The first-order chi connectivity index (χ1) is 6.31. The average Bonchev–Trinajstić information content (AvgIpc) is 2.49. The van der Waals surface area contributed by atoms with Crippen molar-refractivity contribution in [3.05, 3.63) is 28.8 Å².